The van der Waals surface area contributed by atoms with Gasteiger partial charge in [0, 0.05) is 13.1 Å². The molecule has 2 aromatic carbocycles. The number of β-amino-alcohol motifs (C(OH)–C–C–N with tert-alkyl or cyclic N) is 1. The smallest absolute Gasteiger partial charge is 0.179 e. The van der Waals surface area contributed by atoms with Gasteiger partial charge < -0.3 is 5.11 Å². The highest BCUT2D eigenvalue weighted by Crippen LogP contribution is 2.22. The van der Waals surface area contributed by atoms with E-state index in [1.807, 2.05) is 24.3 Å². The second-order valence-corrected chi connectivity index (χ2v) is 8.85. The minimum atomic E-state index is -3.26. The summed E-state index contributed by atoms with van der Waals surface area (Å²) in [4.78, 5) is 2.43. The third kappa shape index (κ3) is 4.91. The first kappa shape index (κ1) is 18.1. The van der Waals surface area contributed by atoms with Crippen molar-refractivity contribution in [3.63, 3.8) is 0 Å². The van der Waals surface area contributed by atoms with Crippen molar-refractivity contribution >= 4 is 9.84 Å². The van der Waals surface area contributed by atoms with Crippen LogP contribution in [0.15, 0.2) is 65.6 Å². The van der Waals surface area contributed by atoms with Crippen molar-refractivity contribution in [3.8, 4) is 0 Å². The largest absolute Gasteiger partial charge is 0.391 e. The van der Waals surface area contributed by atoms with E-state index >= 15 is 0 Å². The molecule has 0 saturated carbocycles. The molecule has 1 aliphatic rings. The van der Waals surface area contributed by atoms with Crippen LogP contribution in [0.5, 0.6) is 0 Å². The molecule has 1 saturated heterocycles. The number of aliphatic hydroxyl groups excluding tert-OH is 1. The topological polar surface area (TPSA) is 57.6 Å². The van der Waals surface area contributed by atoms with Crippen LogP contribution in [0.4, 0.5) is 0 Å². The van der Waals surface area contributed by atoms with Crippen LogP contribution in [0.1, 0.15) is 12.0 Å². The standard InChI is InChI=1S/C20H25NO3S/c22-20-16-21(12-11-18(20)15-17-7-3-1-4-8-17)13-14-25(23,24)19-9-5-2-6-10-19/h1-10,18,20,22H,11-16H2/t18-,20-/m1/s1. The highest BCUT2D eigenvalue weighted by molar-refractivity contribution is 7.91. The number of nitrogens with zero attached hydrogens (tertiary/aromatic N) is 1. The van der Waals surface area contributed by atoms with Crippen LogP contribution in [0.2, 0.25) is 0 Å². The first-order valence-corrected chi connectivity index (χ1v) is 10.4. The van der Waals surface area contributed by atoms with Gasteiger partial charge >= 0.3 is 0 Å². The first-order chi connectivity index (χ1) is 12.0. The molecule has 1 N–H and O–H groups in total. The zero-order valence-corrected chi connectivity index (χ0v) is 15.1. The first-order valence-electron chi connectivity index (χ1n) is 8.77. The lowest BCUT2D eigenvalue weighted by Gasteiger charge is -2.36. The van der Waals surface area contributed by atoms with E-state index < -0.39 is 15.9 Å². The van der Waals surface area contributed by atoms with E-state index in [1.54, 1.807) is 24.3 Å². The van der Waals surface area contributed by atoms with Crippen LogP contribution in [0.3, 0.4) is 0 Å². The second kappa shape index (κ2) is 8.13. The van der Waals surface area contributed by atoms with Crippen LogP contribution < -0.4 is 0 Å². The van der Waals surface area contributed by atoms with Gasteiger partial charge in [0.05, 0.1) is 16.8 Å². The summed E-state index contributed by atoms with van der Waals surface area (Å²) < 4.78 is 24.7. The van der Waals surface area contributed by atoms with Gasteiger partial charge in [-0.25, -0.2) is 8.42 Å². The Morgan fingerprint density at radius 1 is 1.00 bits per heavy atom. The maximum Gasteiger partial charge on any atom is 0.179 e. The Hall–Kier alpha value is -1.69. The van der Waals surface area contributed by atoms with Crippen molar-refractivity contribution in [2.24, 2.45) is 5.92 Å². The lowest BCUT2D eigenvalue weighted by molar-refractivity contribution is 0.0245. The molecule has 0 spiro atoms. The summed E-state index contributed by atoms with van der Waals surface area (Å²) in [6.45, 7) is 1.84. The van der Waals surface area contributed by atoms with Crippen LogP contribution in [-0.4, -0.2) is 49.9 Å². The lowest BCUT2D eigenvalue weighted by Crippen LogP contribution is -2.46. The molecule has 1 heterocycles. The fourth-order valence-corrected chi connectivity index (χ4v) is 4.70. The number of benzene rings is 2. The Bertz CT molecular complexity index is 762. The van der Waals surface area contributed by atoms with E-state index in [2.05, 4.69) is 17.0 Å². The molecule has 5 heteroatoms. The summed E-state index contributed by atoms with van der Waals surface area (Å²) in [6, 6.07) is 18.8. The van der Waals surface area contributed by atoms with E-state index in [4.69, 9.17) is 0 Å². The summed E-state index contributed by atoms with van der Waals surface area (Å²) in [7, 11) is -3.26. The molecule has 0 aromatic heterocycles. The molecule has 1 aliphatic heterocycles. The summed E-state index contributed by atoms with van der Waals surface area (Å²) in [5, 5.41) is 10.5. The maximum atomic E-state index is 12.4. The predicted molar refractivity (Wildman–Crippen MR) is 99.2 cm³/mol. The Morgan fingerprint density at radius 2 is 1.64 bits per heavy atom. The highest BCUT2D eigenvalue weighted by Gasteiger charge is 2.28. The number of hydrogen-bond donors (Lipinski definition) is 1. The fourth-order valence-electron chi connectivity index (χ4n) is 3.40. The number of sulfone groups is 1. The van der Waals surface area contributed by atoms with Gasteiger partial charge in [0.2, 0.25) is 0 Å². The van der Waals surface area contributed by atoms with Crippen LogP contribution >= 0.6 is 0 Å². The molecule has 1 fully saturated rings. The quantitative estimate of drug-likeness (QED) is 0.860. The van der Waals surface area contributed by atoms with Crippen LogP contribution in [-0.2, 0) is 16.3 Å². The molecule has 134 valence electrons. The van der Waals surface area contributed by atoms with E-state index in [0.29, 0.717) is 18.0 Å². The van der Waals surface area contributed by atoms with Crippen molar-refractivity contribution in [3.05, 3.63) is 66.2 Å². The molecule has 4 nitrogen and oxygen atoms in total. The van der Waals surface area contributed by atoms with Gasteiger partial charge in [-0.2, -0.15) is 0 Å². The zero-order chi connectivity index (χ0) is 17.7. The molecule has 0 unspecified atom stereocenters. The molecule has 0 radical (unpaired) electrons. The molecule has 25 heavy (non-hydrogen) atoms. The third-order valence-electron chi connectivity index (χ3n) is 4.92. The minimum absolute atomic E-state index is 0.0904. The van der Waals surface area contributed by atoms with E-state index in [-0.39, 0.29) is 11.7 Å². The Kier molecular flexibility index (Phi) is 5.89. The summed E-state index contributed by atoms with van der Waals surface area (Å²) in [6.07, 6.45) is 1.35. The van der Waals surface area contributed by atoms with Gasteiger partial charge in [0.15, 0.2) is 9.84 Å². The number of aliphatic hydroxyl groups is 1. The van der Waals surface area contributed by atoms with Gasteiger partial charge in [-0.1, -0.05) is 48.5 Å². The molecular formula is C20H25NO3S. The van der Waals surface area contributed by atoms with Crippen molar-refractivity contribution in [2.45, 2.75) is 23.8 Å². The molecule has 2 aromatic rings. The van der Waals surface area contributed by atoms with Crippen LogP contribution in [0.25, 0.3) is 0 Å². The Balaban J connectivity index is 1.51. The van der Waals surface area contributed by atoms with Crippen molar-refractivity contribution in [1.82, 2.24) is 4.90 Å². The molecule has 0 amide bonds. The maximum absolute atomic E-state index is 12.4. The normalized spacial score (nSPS) is 22.0. The number of likely N-dealkylation sites (tertiary alicyclic amines) is 1. The van der Waals surface area contributed by atoms with Crippen LogP contribution in [0, 0.1) is 5.92 Å². The van der Waals surface area contributed by atoms with Crippen molar-refractivity contribution in [2.75, 3.05) is 25.4 Å². The summed E-state index contributed by atoms with van der Waals surface area (Å²) >= 11 is 0. The van der Waals surface area contributed by atoms with E-state index in [0.717, 1.165) is 19.4 Å². The summed E-state index contributed by atoms with van der Waals surface area (Å²) in [5.41, 5.74) is 1.24. The number of rotatable bonds is 6. The van der Waals surface area contributed by atoms with Gasteiger partial charge in [0.25, 0.3) is 0 Å². The van der Waals surface area contributed by atoms with E-state index in [1.165, 1.54) is 5.56 Å². The number of piperidine rings is 1. The Morgan fingerprint density at radius 3 is 2.28 bits per heavy atom. The zero-order valence-electron chi connectivity index (χ0n) is 14.3. The molecule has 3 rings (SSSR count). The highest BCUT2D eigenvalue weighted by atomic mass is 32.2. The molecule has 2 atom stereocenters. The van der Waals surface area contributed by atoms with Gasteiger partial charge in [-0.15, -0.1) is 0 Å². The average molecular weight is 359 g/mol. The fraction of sp³-hybridized carbons (Fsp3) is 0.400. The Labute approximate surface area is 150 Å². The van der Waals surface area contributed by atoms with Gasteiger partial charge in [-0.3, -0.25) is 4.90 Å². The SMILES string of the molecule is O=S(=O)(CCN1CC[C@H](Cc2ccccc2)[C@H](O)C1)c1ccccc1. The molecule has 0 aliphatic carbocycles. The second-order valence-electron chi connectivity index (χ2n) is 6.74. The molecular weight excluding hydrogens is 334 g/mol. The van der Waals surface area contributed by atoms with Gasteiger partial charge in [-0.05, 0) is 43.0 Å². The van der Waals surface area contributed by atoms with Gasteiger partial charge in [0.1, 0.15) is 0 Å². The summed E-state index contributed by atoms with van der Waals surface area (Å²) in [5.74, 6) is 0.331. The lowest BCUT2D eigenvalue weighted by atomic mass is 9.88. The minimum Gasteiger partial charge on any atom is -0.391 e. The van der Waals surface area contributed by atoms with E-state index in [9.17, 15) is 13.5 Å². The van der Waals surface area contributed by atoms with Crippen molar-refractivity contribution in [1.29, 1.82) is 0 Å². The average Bonchev–Trinajstić information content (AvgIpc) is 2.64. The van der Waals surface area contributed by atoms with Crippen molar-refractivity contribution < 1.29 is 13.5 Å². The molecule has 0 bridgehead atoms. The predicted octanol–water partition coefficient (Wildman–Crippen LogP) is 2.39. The monoisotopic (exact) mass is 359 g/mol. The number of hydrogen-bond acceptors (Lipinski definition) is 4. The third-order valence-corrected chi connectivity index (χ3v) is 6.64.